The molecule has 1 aliphatic rings. The van der Waals surface area contributed by atoms with E-state index >= 15 is 0 Å². The lowest BCUT2D eigenvalue weighted by Crippen LogP contribution is -2.39. The lowest BCUT2D eigenvalue weighted by molar-refractivity contribution is -0.610. The second kappa shape index (κ2) is 10.7. The lowest BCUT2D eigenvalue weighted by atomic mass is 10.1. The summed E-state index contributed by atoms with van der Waals surface area (Å²) < 4.78 is 10.5. The molecule has 2 heterocycles. The van der Waals surface area contributed by atoms with Crippen molar-refractivity contribution in [2.45, 2.75) is 25.8 Å². The molecule has 1 aliphatic heterocycles. The molecule has 9 heteroatoms. The number of carboxylic acids is 1. The van der Waals surface area contributed by atoms with Crippen molar-refractivity contribution in [2.24, 2.45) is 0 Å². The van der Waals surface area contributed by atoms with E-state index in [2.05, 4.69) is 10.4 Å². The Labute approximate surface area is 220 Å². The number of para-hydroxylation sites is 1. The predicted octanol–water partition coefficient (Wildman–Crippen LogP) is 5.14. The summed E-state index contributed by atoms with van der Waals surface area (Å²) in [5, 5.41) is 16.1. The average molecular weight is 515 g/mol. The molecule has 0 bridgehead atoms. The smallest absolute Gasteiger partial charge is 0.328 e. The summed E-state index contributed by atoms with van der Waals surface area (Å²) in [6.07, 6.45) is 5.15. The summed E-state index contributed by atoms with van der Waals surface area (Å²) in [5.74, 6) is 0.772. The van der Waals surface area contributed by atoms with Crippen molar-refractivity contribution in [1.82, 2.24) is 9.78 Å². The quantitative estimate of drug-likeness (QED) is 0.172. The number of nitrogens with zero attached hydrogens (tertiary/aromatic N) is 3. The van der Waals surface area contributed by atoms with Gasteiger partial charge in [-0.25, -0.2) is 4.79 Å². The van der Waals surface area contributed by atoms with E-state index in [4.69, 9.17) is 17.0 Å². The van der Waals surface area contributed by atoms with Gasteiger partial charge in [0.15, 0.2) is 6.73 Å². The third-order valence-corrected chi connectivity index (χ3v) is 6.57. The topological polar surface area (TPSA) is 86.4 Å². The van der Waals surface area contributed by atoms with E-state index in [0.29, 0.717) is 16.9 Å². The van der Waals surface area contributed by atoms with Gasteiger partial charge in [-0.15, -0.1) is 9.78 Å². The number of carbonyl (C=O) groups is 1. The Balaban J connectivity index is 1.29. The Kier molecular flexibility index (Phi) is 7.04. The summed E-state index contributed by atoms with van der Waals surface area (Å²) in [4.78, 5) is 13.4. The number of hydrogen-bond acceptors (Lipinski definition) is 5. The molecule has 3 N–H and O–H groups in total. The number of aromatic amines is 1. The van der Waals surface area contributed by atoms with Crippen molar-refractivity contribution in [2.75, 3.05) is 16.9 Å². The standard InChI is InChI=1S/C28H27N5O3S/c1-20-32(28(37)30-33(20)22-10-3-2-4-11-22)24-13-7-9-21(17-24)29-19-36-25-14-8-12-23(18-25)31-16-6-5-15-26(31)27(34)35/h2-4,6-14,16-18,26,29H,5,15,19H2,1H3,(H-,30,34,35,37)/p+1. The number of rotatable bonds is 8. The van der Waals surface area contributed by atoms with Crippen molar-refractivity contribution >= 4 is 29.6 Å². The molecule has 0 aliphatic carbocycles. The van der Waals surface area contributed by atoms with Crippen molar-refractivity contribution in [3.8, 4) is 17.1 Å². The highest BCUT2D eigenvalue weighted by Crippen LogP contribution is 2.27. The van der Waals surface area contributed by atoms with Gasteiger partial charge >= 0.3 is 10.7 Å². The number of H-pyrrole nitrogens is 1. The molecule has 0 fully saturated rings. The van der Waals surface area contributed by atoms with Crippen LogP contribution in [0.25, 0.3) is 11.4 Å². The fourth-order valence-electron chi connectivity index (χ4n) is 4.49. The first-order valence-electron chi connectivity index (χ1n) is 12.1. The first kappa shape index (κ1) is 24.3. The van der Waals surface area contributed by atoms with Crippen LogP contribution in [0.3, 0.4) is 0 Å². The Morgan fingerprint density at radius 1 is 1.11 bits per heavy atom. The highest BCUT2D eigenvalue weighted by atomic mass is 32.1. The molecule has 3 aromatic carbocycles. The minimum absolute atomic E-state index is 0.243. The molecule has 1 atom stereocenters. The van der Waals surface area contributed by atoms with E-state index < -0.39 is 12.0 Å². The maximum Gasteiger partial charge on any atom is 0.328 e. The number of anilines is 2. The number of nitrogens with one attached hydrogen (secondary N) is 2. The minimum atomic E-state index is -0.829. The van der Waals surface area contributed by atoms with Crippen LogP contribution in [0.5, 0.6) is 5.75 Å². The molecule has 0 spiro atoms. The predicted molar refractivity (Wildman–Crippen MR) is 145 cm³/mol. The molecular formula is C28H28N5O3S+. The number of hydrogen-bond donors (Lipinski definition) is 3. The van der Waals surface area contributed by atoms with Crippen LogP contribution < -0.4 is 19.5 Å². The molecule has 0 saturated heterocycles. The van der Waals surface area contributed by atoms with Gasteiger partial charge in [-0.1, -0.05) is 36.4 Å². The van der Waals surface area contributed by atoms with Crippen LogP contribution in [0.1, 0.15) is 18.7 Å². The normalized spacial score (nSPS) is 14.9. The second-order valence-electron chi connectivity index (χ2n) is 8.71. The van der Waals surface area contributed by atoms with E-state index in [1.54, 1.807) is 4.90 Å². The van der Waals surface area contributed by atoms with Crippen molar-refractivity contribution in [3.63, 3.8) is 0 Å². The van der Waals surface area contributed by atoms with Gasteiger partial charge in [-0.2, -0.15) is 4.57 Å². The van der Waals surface area contributed by atoms with Crippen LogP contribution in [0.2, 0.25) is 0 Å². The number of aromatic nitrogens is 3. The number of allylic oxidation sites excluding steroid dienone is 1. The second-order valence-corrected chi connectivity index (χ2v) is 9.09. The van der Waals surface area contributed by atoms with Gasteiger partial charge in [0.05, 0.1) is 0 Å². The zero-order valence-corrected chi connectivity index (χ0v) is 21.2. The van der Waals surface area contributed by atoms with Gasteiger partial charge < -0.3 is 20.1 Å². The summed E-state index contributed by atoms with van der Waals surface area (Å²) in [6.45, 7) is 2.26. The highest BCUT2D eigenvalue weighted by molar-refractivity contribution is 7.71. The SMILES string of the molecule is Cc1n(-c2ccccc2)[nH]c(=S)[n+]1-c1cccc(NCOc2cccc(N3C=CCCC3C(=O)O)c2)c1. The summed E-state index contributed by atoms with van der Waals surface area (Å²) >= 11 is 5.62. The zero-order valence-electron chi connectivity index (χ0n) is 20.4. The van der Waals surface area contributed by atoms with Crippen LogP contribution >= 0.6 is 12.2 Å². The maximum atomic E-state index is 11.7. The first-order chi connectivity index (χ1) is 18.0. The number of benzene rings is 3. The maximum absolute atomic E-state index is 11.7. The largest absolute Gasteiger partial charge is 0.480 e. The Hall–Kier alpha value is -4.37. The highest BCUT2D eigenvalue weighted by Gasteiger charge is 2.26. The lowest BCUT2D eigenvalue weighted by Gasteiger charge is -2.30. The van der Waals surface area contributed by atoms with E-state index in [9.17, 15) is 9.90 Å². The average Bonchev–Trinajstić information content (AvgIpc) is 3.23. The molecule has 4 aromatic rings. The molecule has 37 heavy (non-hydrogen) atoms. The summed E-state index contributed by atoms with van der Waals surface area (Å²) in [6, 6.07) is 24.9. The van der Waals surface area contributed by atoms with Gasteiger partial charge in [0, 0.05) is 36.6 Å². The van der Waals surface area contributed by atoms with Crippen molar-refractivity contribution in [3.05, 3.63) is 102 Å². The van der Waals surface area contributed by atoms with Crippen LogP contribution in [-0.4, -0.2) is 33.6 Å². The minimum Gasteiger partial charge on any atom is -0.480 e. The van der Waals surface area contributed by atoms with Crippen LogP contribution in [0.4, 0.5) is 11.4 Å². The fraction of sp³-hybridized carbons (Fsp3) is 0.179. The molecule has 0 radical (unpaired) electrons. The molecular weight excluding hydrogens is 486 g/mol. The Morgan fingerprint density at radius 3 is 2.70 bits per heavy atom. The van der Waals surface area contributed by atoms with Crippen molar-refractivity contribution in [1.29, 1.82) is 0 Å². The Morgan fingerprint density at radius 2 is 1.89 bits per heavy atom. The van der Waals surface area contributed by atoms with Gasteiger partial charge in [0.25, 0.3) is 0 Å². The van der Waals surface area contributed by atoms with E-state index in [1.165, 1.54) is 0 Å². The van der Waals surface area contributed by atoms with Crippen LogP contribution in [-0.2, 0) is 4.79 Å². The van der Waals surface area contributed by atoms with Gasteiger partial charge in [0.2, 0.25) is 5.82 Å². The molecule has 188 valence electrons. The molecule has 1 aromatic heterocycles. The van der Waals surface area contributed by atoms with Crippen LogP contribution in [0.15, 0.2) is 91.1 Å². The molecule has 5 rings (SSSR count). The third-order valence-electron chi connectivity index (χ3n) is 6.30. The number of ether oxygens (including phenoxy) is 1. The summed E-state index contributed by atoms with van der Waals surface area (Å²) in [7, 11) is 0. The summed E-state index contributed by atoms with van der Waals surface area (Å²) in [5.41, 5.74) is 3.60. The molecule has 0 amide bonds. The van der Waals surface area contributed by atoms with Gasteiger partial charge in [0.1, 0.15) is 23.2 Å². The molecule has 1 unspecified atom stereocenters. The van der Waals surface area contributed by atoms with Gasteiger partial charge in [-0.05, 0) is 61.5 Å². The third kappa shape index (κ3) is 5.26. The van der Waals surface area contributed by atoms with E-state index in [0.717, 1.165) is 35.0 Å². The zero-order chi connectivity index (χ0) is 25.8. The van der Waals surface area contributed by atoms with E-state index in [-0.39, 0.29) is 6.73 Å². The first-order valence-corrected chi connectivity index (χ1v) is 12.5. The molecule has 0 saturated carbocycles. The van der Waals surface area contributed by atoms with Gasteiger partial charge in [-0.3, -0.25) is 0 Å². The Bertz CT molecular complexity index is 1500. The molecule has 8 nitrogen and oxygen atoms in total. The van der Waals surface area contributed by atoms with Crippen molar-refractivity contribution < 1.29 is 19.2 Å². The monoisotopic (exact) mass is 514 g/mol. The van der Waals surface area contributed by atoms with E-state index in [1.807, 2.05) is 107 Å². The fourth-order valence-corrected chi connectivity index (χ4v) is 4.82. The number of carboxylic acid groups (broad SMARTS) is 1. The number of aliphatic carboxylic acids is 1. The van der Waals surface area contributed by atoms with Crippen LogP contribution in [0, 0.1) is 11.7 Å².